The summed E-state index contributed by atoms with van der Waals surface area (Å²) in [6, 6.07) is 21.9. The third kappa shape index (κ3) is 1.48. The fourth-order valence-electron chi connectivity index (χ4n) is 3.23. The maximum absolute atomic E-state index is 4.32. The molecule has 0 aliphatic rings. The van der Waals surface area contributed by atoms with Crippen molar-refractivity contribution in [2.24, 2.45) is 0 Å². The number of aromatic nitrogens is 1. The van der Waals surface area contributed by atoms with Gasteiger partial charge in [-0.1, -0.05) is 60.7 Å². The monoisotopic (exact) mass is 285 g/mol. The van der Waals surface area contributed by atoms with Gasteiger partial charge in [0.15, 0.2) is 0 Å². The molecule has 0 spiro atoms. The van der Waals surface area contributed by atoms with E-state index in [1.54, 1.807) is 11.5 Å². The highest BCUT2D eigenvalue weighted by Gasteiger charge is 2.07. The summed E-state index contributed by atoms with van der Waals surface area (Å²) in [5, 5.41) is 9.11. The molecule has 21 heavy (non-hydrogen) atoms. The average Bonchev–Trinajstić information content (AvgIpc) is 3.03. The maximum atomic E-state index is 4.32. The van der Waals surface area contributed by atoms with Crippen LogP contribution in [0.2, 0.25) is 0 Å². The van der Waals surface area contributed by atoms with Gasteiger partial charge >= 0.3 is 0 Å². The molecule has 0 bridgehead atoms. The van der Waals surface area contributed by atoms with Crippen molar-refractivity contribution in [1.82, 2.24) is 4.37 Å². The van der Waals surface area contributed by atoms with Gasteiger partial charge in [-0.25, -0.2) is 0 Å². The van der Waals surface area contributed by atoms with E-state index in [0.717, 1.165) is 0 Å². The normalized spacial score (nSPS) is 11.8. The lowest BCUT2D eigenvalue weighted by molar-refractivity contribution is 1.61. The minimum Gasteiger partial charge on any atom is -0.200 e. The van der Waals surface area contributed by atoms with Crippen molar-refractivity contribution < 1.29 is 0 Å². The number of nitrogens with zero attached hydrogens (tertiary/aromatic N) is 1. The van der Waals surface area contributed by atoms with E-state index in [1.165, 1.54) is 42.4 Å². The fourth-order valence-corrected chi connectivity index (χ4v) is 4.01. The molecule has 0 amide bonds. The average molecular weight is 285 g/mol. The molecule has 0 radical (unpaired) electrons. The van der Waals surface area contributed by atoms with Crippen LogP contribution in [0.5, 0.6) is 0 Å². The zero-order valence-electron chi connectivity index (χ0n) is 11.2. The van der Waals surface area contributed by atoms with Crippen molar-refractivity contribution in [3.8, 4) is 0 Å². The van der Waals surface area contributed by atoms with Gasteiger partial charge in [0.05, 0.1) is 4.70 Å². The second kappa shape index (κ2) is 4.03. The van der Waals surface area contributed by atoms with E-state index in [0.29, 0.717) is 0 Å². The lowest BCUT2D eigenvalue weighted by Crippen LogP contribution is -1.80. The Labute approximate surface area is 125 Å². The van der Waals surface area contributed by atoms with Crippen LogP contribution in [-0.4, -0.2) is 4.37 Å². The van der Waals surface area contributed by atoms with Crippen LogP contribution < -0.4 is 0 Å². The number of hydrogen-bond donors (Lipinski definition) is 0. The zero-order chi connectivity index (χ0) is 13.8. The van der Waals surface area contributed by atoms with E-state index in [9.17, 15) is 0 Å². The lowest BCUT2D eigenvalue weighted by atomic mass is 9.97. The molecule has 0 N–H and O–H groups in total. The first-order chi connectivity index (χ1) is 10.4. The first-order valence-corrected chi connectivity index (χ1v) is 7.77. The summed E-state index contributed by atoms with van der Waals surface area (Å²) >= 11 is 1.58. The van der Waals surface area contributed by atoms with Crippen molar-refractivity contribution in [3.05, 3.63) is 66.9 Å². The molecule has 1 nitrogen and oxygen atoms in total. The summed E-state index contributed by atoms with van der Waals surface area (Å²) in [6.45, 7) is 0. The van der Waals surface area contributed by atoms with Crippen LogP contribution in [0.3, 0.4) is 0 Å². The first-order valence-electron chi connectivity index (χ1n) is 6.99. The van der Waals surface area contributed by atoms with Gasteiger partial charge < -0.3 is 0 Å². The third-order valence-electron chi connectivity index (χ3n) is 4.24. The molecule has 0 saturated carbocycles. The van der Waals surface area contributed by atoms with Crippen molar-refractivity contribution in [3.63, 3.8) is 0 Å². The molecule has 0 fully saturated rings. The van der Waals surface area contributed by atoms with Gasteiger partial charge in [0, 0.05) is 17.0 Å². The molecule has 5 rings (SSSR count). The molecule has 1 heterocycles. The predicted molar refractivity (Wildman–Crippen MR) is 92.1 cm³/mol. The number of hydrogen-bond acceptors (Lipinski definition) is 2. The van der Waals surface area contributed by atoms with E-state index < -0.39 is 0 Å². The Morgan fingerprint density at radius 2 is 1.24 bits per heavy atom. The Bertz CT molecular complexity index is 1140. The zero-order valence-corrected chi connectivity index (χ0v) is 12.0. The fraction of sp³-hybridized carbons (Fsp3) is 0. The molecule has 98 valence electrons. The summed E-state index contributed by atoms with van der Waals surface area (Å²) in [7, 11) is 0. The predicted octanol–water partition coefficient (Wildman–Crippen LogP) is 5.76. The van der Waals surface area contributed by atoms with E-state index in [1.807, 2.05) is 6.20 Å². The molecule has 4 aromatic carbocycles. The van der Waals surface area contributed by atoms with Crippen LogP contribution >= 0.6 is 11.5 Å². The minimum absolute atomic E-state index is 1.23. The van der Waals surface area contributed by atoms with Crippen molar-refractivity contribution in [2.75, 3.05) is 0 Å². The van der Waals surface area contributed by atoms with Crippen LogP contribution in [0, 0.1) is 0 Å². The summed E-state index contributed by atoms with van der Waals surface area (Å²) in [4.78, 5) is 0. The Hall–Kier alpha value is -2.45. The van der Waals surface area contributed by atoms with Crippen LogP contribution in [0.1, 0.15) is 0 Å². The van der Waals surface area contributed by atoms with Gasteiger partial charge in [0.25, 0.3) is 0 Å². The van der Waals surface area contributed by atoms with Crippen LogP contribution in [0.25, 0.3) is 42.4 Å². The van der Waals surface area contributed by atoms with Gasteiger partial charge in [0.1, 0.15) is 0 Å². The molecule has 0 aliphatic carbocycles. The van der Waals surface area contributed by atoms with Crippen molar-refractivity contribution in [1.29, 1.82) is 0 Å². The quantitative estimate of drug-likeness (QED) is 0.330. The van der Waals surface area contributed by atoms with Gasteiger partial charge in [-0.05, 0) is 38.5 Å². The molecule has 0 saturated heterocycles. The van der Waals surface area contributed by atoms with Gasteiger partial charge in [-0.2, -0.15) is 4.37 Å². The molecular weight excluding hydrogens is 274 g/mol. The molecule has 0 aliphatic heterocycles. The maximum Gasteiger partial charge on any atom is 0.0628 e. The van der Waals surface area contributed by atoms with E-state index >= 15 is 0 Å². The highest BCUT2D eigenvalue weighted by atomic mass is 32.1. The lowest BCUT2D eigenvalue weighted by Gasteiger charge is -2.08. The summed E-state index contributed by atoms with van der Waals surface area (Å²) in [5.74, 6) is 0. The highest BCUT2D eigenvalue weighted by Crippen LogP contribution is 2.35. The number of rotatable bonds is 0. The van der Waals surface area contributed by atoms with Crippen molar-refractivity contribution >= 4 is 53.9 Å². The molecule has 1 aromatic heterocycles. The first kappa shape index (κ1) is 11.2. The van der Waals surface area contributed by atoms with Gasteiger partial charge in [-0.15, -0.1) is 0 Å². The van der Waals surface area contributed by atoms with E-state index in [4.69, 9.17) is 0 Å². The Balaban J connectivity index is 2.07. The number of benzene rings is 4. The molecular formula is C19H11NS. The van der Waals surface area contributed by atoms with Gasteiger partial charge in [0.2, 0.25) is 0 Å². The van der Waals surface area contributed by atoms with E-state index in [-0.39, 0.29) is 0 Å². The van der Waals surface area contributed by atoms with Crippen LogP contribution in [0.4, 0.5) is 0 Å². The topological polar surface area (TPSA) is 12.9 Å². The Kier molecular flexibility index (Phi) is 2.15. The van der Waals surface area contributed by atoms with Crippen molar-refractivity contribution in [2.45, 2.75) is 0 Å². The SMILES string of the molecule is c1ccc2c(c1)ccc1c2ccc2c1ccc1cnsc12. The van der Waals surface area contributed by atoms with Gasteiger partial charge in [-0.3, -0.25) is 0 Å². The van der Waals surface area contributed by atoms with Crippen LogP contribution in [-0.2, 0) is 0 Å². The number of fused-ring (bicyclic) bond motifs is 7. The molecule has 0 atom stereocenters. The standard InChI is InChI=1S/C19H11NS/c1-2-4-14-12(3-1)5-7-16-15(14)9-10-18-17(16)8-6-13-11-20-21-19(13)18/h1-11H. The summed E-state index contributed by atoms with van der Waals surface area (Å²) in [5.41, 5.74) is 0. The Morgan fingerprint density at radius 1 is 0.571 bits per heavy atom. The second-order valence-electron chi connectivity index (χ2n) is 5.35. The minimum atomic E-state index is 1.23. The molecule has 2 heteroatoms. The second-order valence-corrected chi connectivity index (χ2v) is 6.15. The smallest absolute Gasteiger partial charge is 0.0628 e. The summed E-state index contributed by atoms with van der Waals surface area (Å²) < 4.78 is 5.60. The largest absolute Gasteiger partial charge is 0.200 e. The third-order valence-corrected chi connectivity index (χ3v) is 5.09. The molecule has 0 unspecified atom stereocenters. The summed E-state index contributed by atoms with van der Waals surface area (Å²) in [6.07, 6.45) is 1.95. The Morgan fingerprint density at radius 3 is 2.19 bits per heavy atom. The van der Waals surface area contributed by atoms with Crippen LogP contribution in [0.15, 0.2) is 66.9 Å². The van der Waals surface area contributed by atoms with E-state index in [2.05, 4.69) is 65.0 Å². The molecule has 5 aromatic rings. The highest BCUT2D eigenvalue weighted by molar-refractivity contribution is 7.14.